The first kappa shape index (κ1) is 15.1. The lowest BCUT2D eigenvalue weighted by atomic mass is 10.2. The Bertz CT molecular complexity index is 430. The Morgan fingerprint density at radius 1 is 1.50 bits per heavy atom. The average Bonchev–Trinajstić information content (AvgIpc) is 2.78. The number of ether oxygens (including phenoxy) is 1. The fourth-order valence-electron chi connectivity index (χ4n) is 1.82. The molecule has 0 aliphatic carbocycles. The molecule has 0 bridgehead atoms. The van der Waals surface area contributed by atoms with Gasteiger partial charge in [0.1, 0.15) is 0 Å². The highest BCUT2D eigenvalue weighted by atomic mass is 32.2. The lowest BCUT2D eigenvalue weighted by Crippen LogP contribution is -2.36. The molecule has 0 amide bonds. The number of hydrogen-bond acceptors (Lipinski definition) is 5. The van der Waals surface area contributed by atoms with E-state index in [4.69, 9.17) is 0 Å². The molecule has 1 unspecified atom stereocenters. The molecule has 18 heavy (non-hydrogen) atoms. The molecule has 6 nitrogen and oxygen atoms in total. The molecule has 1 saturated heterocycles. The second-order valence-electron chi connectivity index (χ2n) is 4.41. The van der Waals surface area contributed by atoms with E-state index < -0.39 is 20.9 Å². The Morgan fingerprint density at radius 2 is 2.11 bits per heavy atom. The van der Waals surface area contributed by atoms with Crippen LogP contribution in [0.3, 0.4) is 0 Å². The summed E-state index contributed by atoms with van der Waals surface area (Å²) < 4.78 is 30.2. The summed E-state index contributed by atoms with van der Waals surface area (Å²) in [6.45, 7) is 5.88. The highest BCUT2D eigenvalue weighted by molar-refractivity contribution is 7.94. The molecule has 1 atom stereocenters. The first-order valence-electron chi connectivity index (χ1n) is 5.83. The molecule has 0 N–H and O–H groups in total. The summed E-state index contributed by atoms with van der Waals surface area (Å²) in [5.74, 6) is -0.870. The van der Waals surface area contributed by atoms with Crippen molar-refractivity contribution in [2.75, 3.05) is 33.8 Å². The molecule has 1 rings (SSSR count). The summed E-state index contributed by atoms with van der Waals surface area (Å²) in [5.41, 5.74) is 0. The zero-order chi connectivity index (χ0) is 13.9. The highest BCUT2D eigenvalue weighted by Gasteiger charge is 2.36. The molecule has 1 heterocycles. The van der Waals surface area contributed by atoms with Gasteiger partial charge in [0.2, 0.25) is 10.0 Å². The third-order valence-electron chi connectivity index (χ3n) is 3.01. The van der Waals surface area contributed by atoms with Crippen molar-refractivity contribution in [1.82, 2.24) is 9.21 Å². The minimum atomic E-state index is -3.79. The number of rotatable bonds is 5. The zero-order valence-electron chi connectivity index (χ0n) is 11.0. The van der Waals surface area contributed by atoms with Gasteiger partial charge in [-0.25, -0.2) is 13.2 Å². The van der Waals surface area contributed by atoms with Crippen LogP contribution < -0.4 is 0 Å². The van der Waals surface area contributed by atoms with Crippen LogP contribution in [0, 0.1) is 0 Å². The van der Waals surface area contributed by atoms with Gasteiger partial charge in [0, 0.05) is 19.1 Å². The van der Waals surface area contributed by atoms with E-state index >= 15 is 0 Å². The molecule has 104 valence electrons. The van der Waals surface area contributed by atoms with E-state index in [1.807, 2.05) is 19.0 Å². The van der Waals surface area contributed by atoms with Crippen LogP contribution in [0.1, 0.15) is 13.3 Å². The van der Waals surface area contributed by atoms with E-state index in [9.17, 15) is 13.2 Å². The van der Waals surface area contributed by atoms with Crippen molar-refractivity contribution in [2.24, 2.45) is 0 Å². The number of sulfonamides is 1. The van der Waals surface area contributed by atoms with Gasteiger partial charge in [0.05, 0.1) is 6.61 Å². The molecular weight excluding hydrogens is 256 g/mol. The number of hydrogen-bond donors (Lipinski definition) is 0. The number of esters is 1. The molecule has 0 aromatic rings. The normalized spacial score (nSPS) is 21.2. The lowest BCUT2D eigenvalue weighted by molar-refractivity contribution is -0.137. The summed E-state index contributed by atoms with van der Waals surface area (Å²) in [6, 6.07) is 0.176. The monoisotopic (exact) mass is 276 g/mol. The van der Waals surface area contributed by atoms with Crippen molar-refractivity contribution in [1.29, 1.82) is 0 Å². The van der Waals surface area contributed by atoms with Gasteiger partial charge in [-0.3, -0.25) is 0 Å². The fraction of sp³-hybridized carbons (Fsp3) is 0.727. The van der Waals surface area contributed by atoms with E-state index in [0.29, 0.717) is 13.1 Å². The maximum atomic E-state index is 12.1. The number of likely N-dealkylation sites (N-methyl/N-ethyl adjacent to an activating group) is 1. The van der Waals surface area contributed by atoms with Gasteiger partial charge in [-0.05, 0) is 27.4 Å². The van der Waals surface area contributed by atoms with Crippen molar-refractivity contribution in [3.63, 3.8) is 0 Å². The summed E-state index contributed by atoms with van der Waals surface area (Å²) in [6.07, 6.45) is 0.752. The molecule has 1 aliphatic rings. The molecular formula is C11H20N2O4S. The molecule has 1 aliphatic heterocycles. The average molecular weight is 276 g/mol. The molecule has 0 aromatic heterocycles. The van der Waals surface area contributed by atoms with Crippen molar-refractivity contribution < 1.29 is 17.9 Å². The molecule has 1 fully saturated rings. The molecule has 0 spiro atoms. The standard InChI is InChI=1S/C11H20N2O4S/c1-5-17-11(14)9(2)18(15,16)13-7-6-10(8-13)12(3)4/h10H,2,5-8H2,1,3-4H3. The van der Waals surface area contributed by atoms with E-state index in [2.05, 4.69) is 11.3 Å². The van der Waals surface area contributed by atoms with E-state index in [1.54, 1.807) is 6.92 Å². The molecule has 0 aromatic carbocycles. The lowest BCUT2D eigenvalue weighted by Gasteiger charge is -2.20. The van der Waals surface area contributed by atoms with Crippen molar-refractivity contribution in [3.05, 3.63) is 11.5 Å². The Balaban J connectivity index is 2.77. The predicted octanol–water partition coefficient (Wildman–Crippen LogP) is 0.0289. The topological polar surface area (TPSA) is 66.9 Å². The van der Waals surface area contributed by atoms with Crippen LogP contribution in [0.2, 0.25) is 0 Å². The highest BCUT2D eigenvalue weighted by Crippen LogP contribution is 2.21. The van der Waals surface area contributed by atoms with Crippen LogP contribution in [0.15, 0.2) is 11.5 Å². The van der Waals surface area contributed by atoms with Gasteiger partial charge < -0.3 is 9.64 Å². The first-order chi connectivity index (χ1) is 8.30. The third-order valence-corrected chi connectivity index (χ3v) is 4.81. The largest absolute Gasteiger partial charge is 0.462 e. The van der Waals surface area contributed by atoms with Crippen molar-refractivity contribution >= 4 is 16.0 Å². The smallest absolute Gasteiger partial charge is 0.350 e. The van der Waals surface area contributed by atoms with Gasteiger partial charge >= 0.3 is 5.97 Å². The molecule has 7 heteroatoms. The summed E-state index contributed by atoms with van der Waals surface area (Å²) in [7, 11) is 0.0186. The summed E-state index contributed by atoms with van der Waals surface area (Å²) in [4.78, 5) is 12.9. The third kappa shape index (κ3) is 3.09. The van der Waals surface area contributed by atoms with Crippen molar-refractivity contribution in [2.45, 2.75) is 19.4 Å². The minimum absolute atomic E-state index is 0.133. The second-order valence-corrected chi connectivity index (χ2v) is 6.37. The maximum Gasteiger partial charge on any atom is 0.350 e. The fourth-order valence-corrected chi connectivity index (χ4v) is 3.12. The Kier molecular flexibility index (Phi) is 4.89. The number of nitrogens with zero attached hydrogens (tertiary/aromatic N) is 2. The van der Waals surface area contributed by atoms with E-state index in [-0.39, 0.29) is 12.6 Å². The minimum Gasteiger partial charge on any atom is -0.462 e. The van der Waals surface area contributed by atoms with Gasteiger partial charge in [0.15, 0.2) is 4.91 Å². The van der Waals surface area contributed by atoms with Crippen LogP contribution in [-0.2, 0) is 19.6 Å². The van der Waals surface area contributed by atoms with Crippen LogP contribution in [0.5, 0.6) is 0 Å². The van der Waals surface area contributed by atoms with Crippen LogP contribution in [-0.4, -0.2) is 63.4 Å². The summed E-state index contributed by atoms with van der Waals surface area (Å²) in [5, 5.41) is 0. The Morgan fingerprint density at radius 3 is 2.56 bits per heavy atom. The SMILES string of the molecule is C=C(C(=O)OCC)S(=O)(=O)N1CCC(N(C)C)C1. The zero-order valence-corrected chi connectivity index (χ0v) is 11.9. The van der Waals surface area contributed by atoms with Crippen LogP contribution in [0.25, 0.3) is 0 Å². The quantitative estimate of drug-likeness (QED) is 0.523. The number of carbonyl (C=O) groups is 1. The second kappa shape index (κ2) is 5.81. The Labute approximate surface area is 108 Å². The van der Waals surface area contributed by atoms with Gasteiger partial charge in [-0.2, -0.15) is 4.31 Å². The van der Waals surface area contributed by atoms with Crippen LogP contribution in [0.4, 0.5) is 0 Å². The van der Waals surface area contributed by atoms with Gasteiger partial charge in [0.25, 0.3) is 0 Å². The van der Waals surface area contributed by atoms with Crippen molar-refractivity contribution in [3.8, 4) is 0 Å². The van der Waals surface area contributed by atoms with Gasteiger partial charge in [-0.1, -0.05) is 6.58 Å². The molecule has 0 saturated carbocycles. The predicted molar refractivity (Wildman–Crippen MR) is 68.4 cm³/mol. The first-order valence-corrected chi connectivity index (χ1v) is 7.27. The summed E-state index contributed by atoms with van der Waals surface area (Å²) >= 11 is 0. The van der Waals surface area contributed by atoms with Gasteiger partial charge in [-0.15, -0.1) is 0 Å². The van der Waals surface area contributed by atoms with Crippen LogP contribution >= 0.6 is 0 Å². The maximum absolute atomic E-state index is 12.1. The van der Waals surface area contributed by atoms with E-state index in [1.165, 1.54) is 4.31 Å². The Hall–Kier alpha value is -0.920. The van der Waals surface area contributed by atoms with E-state index in [0.717, 1.165) is 6.42 Å². The molecule has 0 radical (unpaired) electrons. The number of carbonyl (C=O) groups excluding carboxylic acids is 1.